The fraction of sp³-hybridized carbons (Fsp3) is 0.185. The van der Waals surface area contributed by atoms with Gasteiger partial charge in [-0.25, -0.2) is 5.43 Å². The first kappa shape index (κ1) is 28.5. The molecular weight excluding hydrogens is 531 g/mol. The Bertz CT molecular complexity index is 1360. The normalized spacial score (nSPS) is 10.7. The topological polar surface area (TPSA) is 118 Å². The monoisotopic (exact) mass is 556 g/mol. The number of ether oxygens (including phenoxy) is 2. The van der Waals surface area contributed by atoms with Gasteiger partial charge in [-0.2, -0.15) is 5.10 Å². The maximum Gasteiger partial charge on any atom is 0.329 e. The van der Waals surface area contributed by atoms with Crippen LogP contribution in [0.15, 0.2) is 59.7 Å². The van der Waals surface area contributed by atoms with E-state index in [4.69, 9.17) is 32.7 Å². The van der Waals surface area contributed by atoms with Crippen LogP contribution in [0.5, 0.6) is 11.5 Å². The van der Waals surface area contributed by atoms with Gasteiger partial charge in [0.15, 0.2) is 18.1 Å². The Labute approximate surface area is 230 Å². The van der Waals surface area contributed by atoms with Gasteiger partial charge >= 0.3 is 11.8 Å². The summed E-state index contributed by atoms with van der Waals surface area (Å²) in [5.41, 5.74) is 6.00. The van der Waals surface area contributed by atoms with E-state index >= 15 is 0 Å². The maximum atomic E-state index is 12.3. The van der Waals surface area contributed by atoms with E-state index in [9.17, 15) is 14.4 Å². The van der Waals surface area contributed by atoms with Gasteiger partial charge in [-0.3, -0.25) is 14.4 Å². The number of halogens is 2. The number of amides is 3. The van der Waals surface area contributed by atoms with Crippen molar-refractivity contribution in [3.63, 3.8) is 0 Å². The molecule has 0 spiro atoms. The van der Waals surface area contributed by atoms with Crippen molar-refractivity contribution in [3.05, 3.63) is 86.9 Å². The zero-order valence-electron chi connectivity index (χ0n) is 20.9. The van der Waals surface area contributed by atoms with Crippen LogP contribution in [-0.4, -0.2) is 37.7 Å². The number of methoxy groups -OCH3 is 1. The number of rotatable bonds is 9. The van der Waals surface area contributed by atoms with Crippen LogP contribution in [0.1, 0.15) is 22.3 Å². The van der Waals surface area contributed by atoms with Crippen molar-refractivity contribution in [3.8, 4) is 11.5 Å². The molecule has 0 bridgehead atoms. The van der Waals surface area contributed by atoms with E-state index in [1.54, 1.807) is 24.3 Å². The van der Waals surface area contributed by atoms with E-state index in [1.165, 1.54) is 19.4 Å². The molecule has 0 radical (unpaired) electrons. The van der Waals surface area contributed by atoms with Gasteiger partial charge in [-0.1, -0.05) is 59.1 Å². The van der Waals surface area contributed by atoms with E-state index in [2.05, 4.69) is 21.2 Å². The largest absolute Gasteiger partial charge is 0.493 e. The van der Waals surface area contributed by atoms with Gasteiger partial charge in [0.25, 0.3) is 5.91 Å². The average Bonchev–Trinajstić information content (AvgIpc) is 2.89. The van der Waals surface area contributed by atoms with E-state index in [1.807, 2.05) is 38.1 Å². The Kier molecular flexibility index (Phi) is 10.1. The van der Waals surface area contributed by atoms with E-state index in [0.29, 0.717) is 16.3 Å². The number of nitrogens with zero attached hydrogens (tertiary/aromatic N) is 1. The van der Waals surface area contributed by atoms with Gasteiger partial charge < -0.3 is 20.1 Å². The van der Waals surface area contributed by atoms with Crippen molar-refractivity contribution in [2.24, 2.45) is 5.10 Å². The number of benzene rings is 3. The summed E-state index contributed by atoms with van der Waals surface area (Å²) in [6.07, 6.45) is 1.29. The molecule has 0 aliphatic rings. The molecule has 3 N–H and O–H groups in total. The molecule has 0 aliphatic carbocycles. The lowest BCUT2D eigenvalue weighted by atomic mass is 10.1. The van der Waals surface area contributed by atoms with Crippen molar-refractivity contribution < 1.29 is 23.9 Å². The molecule has 11 heteroatoms. The number of hydrazone groups is 1. The second-order valence-electron chi connectivity index (χ2n) is 8.20. The van der Waals surface area contributed by atoms with Crippen molar-refractivity contribution in [2.45, 2.75) is 20.4 Å². The summed E-state index contributed by atoms with van der Waals surface area (Å²) in [5, 5.41) is 9.69. The van der Waals surface area contributed by atoms with Gasteiger partial charge in [0, 0.05) is 17.3 Å². The minimum atomic E-state index is -0.924. The summed E-state index contributed by atoms with van der Waals surface area (Å²) in [7, 11) is 1.41. The highest BCUT2D eigenvalue weighted by molar-refractivity contribution is 6.35. The SMILES string of the molecule is COc1cc(/C=N\NC(=O)C(=O)NCc2ccc(C)cc2)cc(Cl)c1OCC(=O)Nc1ccc(C)c(Cl)c1. The molecule has 3 rings (SSSR count). The standard InChI is InChI=1S/C27H26Cl2N4O5/c1-16-4-7-18(8-5-16)13-30-26(35)27(36)33-31-14-19-10-22(29)25(23(11-19)37-3)38-15-24(34)32-20-9-6-17(2)21(28)12-20/h4-12,14H,13,15H2,1-3H3,(H,30,35)(H,32,34)(H,33,36)/b31-14-. The van der Waals surface area contributed by atoms with Crippen LogP contribution in [0.3, 0.4) is 0 Å². The number of anilines is 1. The van der Waals surface area contributed by atoms with Crippen LogP contribution in [0.2, 0.25) is 10.0 Å². The first-order valence-corrected chi connectivity index (χ1v) is 12.1. The molecule has 0 saturated carbocycles. The van der Waals surface area contributed by atoms with E-state index < -0.39 is 17.7 Å². The molecule has 0 heterocycles. The molecule has 9 nitrogen and oxygen atoms in total. The van der Waals surface area contributed by atoms with Crippen LogP contribution in [0.4, 0.5) is 5.69 Å². The fourth-order valence-corrected chi connectivity index (χ4v) is 3.60. The first-order chi connectivity index (χ1) is 18.2. The minimum Gasteiger partial charge on any atom is -0.493 e. The first-order valence-electron chi connectivity index (χ1n) is 11.4. The van der Waals surface area contributed by atoms with Crippen LogP contribution in [-0.2, 0) is 20.9 Å². The van der Waals surface area contributed by atoms with Crippen LogP contribution in [0.25, 0.3) is 0 Å². The summed E-state index contributed by atoms with van der Waals surface area (Å²) in [6.45, 7) is 3.70. The molecule has 0 fully saturated rings. The van der Waals surface area contributed by atoms with Gasteiger partial charge in [0.1, 0.15) is 0 Å². The zero-order chi connectivity index (χ0) is 27.7. The zero-order valence-corrected chi connectivity index (χ0v) is 22.4. The minimum absolute atomic E-state index is 0.152. The average molecular weight is 557 g/mol. The van der Waals surface area contributed by atoms with Crippen LogP contribution in [0, 0.1) is 13.8 Å². The van der Waals surface area contributed by atoms with Crippen molar-refractivity contribution >= 4 is 52.8 Å². The van der Waals surface area contributed by atoms with Gasteiger partial charge in [-0.05, 0) is 54.8 Å². The molecule has 0 unspecified atom stereocenters. The summed E-state index contributed by atoms with van der Waals surface area (Å²) < 4.78 is 10.9. The number of nitrogens with one attached hydrogen (secondary N) is 3. The van der Waals surface area contributed by atoms with Gasteiger partial charge in [0.05, 0.1) is 18.3 Å². The predicted molar refractivity (Wildman–Crippen MR) is 147 cm³/mol. The molecule has 3 aromatic rings. The number of hydrogen-bond donors (Lipinski definition) is 3. The Morgan fingerprint density at radius 2 is 1.68 bits per heavy atom. The van der Waals surface area contributed by atoms with E-state index in [-0.39, 0.29) is 29.7 Å². The maximum absolute atomic E-state index is 12.3. The van der Waals surface area contributed by atoms with Crippen LogP contribution < -0.4 is 25.5 Å². The lowest BCUT2D eigenvalue weighted by Crippen LogP contribution is -2.37. The summed E-state index contributed by atoms with van der Waals surface area (Å²) in [4.78, 5) is 36.3. The molecule has 3 aromatic carbocycles. The molecular formula is C27H26Cl2N4O5. The highest BCUT2D eigenvalue weighted by Crippen LogP contribution is 2.36. The summed E-state index contributed by atoms with van der Waals surface area (Å²) >= 11 is 12.4. The number of hydrogen-bond acceptors (Lipinski definition) is 6. The number of carbonyl (C=O) groups excluding carboxylic acids is 3. The summed E-state index contributed by atoms with van der Waals surface area (Å²) in [6, 6.07) is 15.8. The quantitative estimate of drug-likeness (QED) is 0.205. The Balaban J connectivity index is 1.54. The fourth-order valence-electron chi connectivity index (χ4n) is 3.14. The molecule has 0 atom stereocenters. The van der Waals surface area contributed by atoms with Crippen molar-refractivity contribution in [1.29, 1.82) is 0 Å². The van der Waals surface area contributed by atoms with Gasteiger partial charge in [0.2, 0.25) is 0 Å². The van der Waals surface area contributed by atoms with E-state index in [0.717, 1.165) is 16.7 Å². The Morgan fingerprint density at radius 1 is 0.947 bits per heavy atom. The van der Waals surface area contributed by atoms with Crippen molar-refractivity contribution in [1.82, 2.24) is 10.7 Å². The molecule has 3 amide bonds. The third-order valence-electron chi connectivity index (χ3n) is 5.21. The number of aryl methyl sites for hydroxylation is 2. The molecule has 0 aliphatic heterocycles. The Morgan fingerprint density at radius 3 is 2.37 bits per heavy atom. The predicted octanol–water partition coefficient (Wildman–Crippen LogP) is 4.40. The molecule has 198 valence electrons. The second-order valence-corrected chi connectivity index (χ2v) is 9.02. The van der Waals surface area contributed by atoms with Crippen molar-refractivity contribution in [2.75, 3.05) is 19.0 Å². The number of carbonyl (C=O) groups is 3. The highest BCUT2D eigenvalue weighted by Gasteiger charge is 2.15. The van der Waals surface area contributed by atoms with Crippen LogP contribution >= 0.6 is 23.2 Å². The lowest BCUT2D eigenvalue weighted by Gasteiger charge is -2.13. The molecule has 38 heavy (non-hydrogen) atoms. The Hall–Kier alpha value is -4.08. The molecule has 0 saturated heterocycles. The lowest BCUT2D eigenvalue weighted by molar-refractivity contribution is -0.139. The highest BCUT2D eigenvalue weighted by atomic mass is 35.5. The molecule has 0 aromatic heterocycles. The third kappa shape index (κ3) is 8.22. The summed E-state index contributed by atoms with van der Waals surface area (Å²) in [5.74, 6) is -1.77. The third-order valence-corrected chi connectivity index (χ3v) is 5.90. The second kappa shape index (κ2) is 13.5. The smallest absolute Gasteiger partial charge is 0.329 e. The van der Waals surface area contributed by atoms with Gasteiger partial charge in [-0.15, -0.1) is 0 Å².